The van der Waals surface area contributed by atoms with Gasteiger partial charge in [0.2, 0.25) is 0 Å². The molecule has 4 heteroatoms. The maximum absolute atomic E-state index is 11.7. The lowest BCUT2D eigenvalue weighted by Crippen LogP contribution is -2.34. The molecule has 1 fully saturated rings. The van der Waals surface area contributed by atoms with Gasteiger partial charge < -0.3 is 15.2 Å². The quantitative estimate of drug-likeness (QED) is 0.855. The van der Waals surface area contributed by atoms with Crippen molar-refractivity contribution in [2.45, 2.75) is 51.6 Å². The van der Waals surface area contributed by atoms with Gasteiger partial charge in [-0.25, -0.2) is 0 Å². The molecule has 2 rings (SSSR count). The van der Waals surface area contributed by atoms with Crippen LogP contribution in [-0.2, 0) is 6.54 Å². The summed E-state index contributed by atoms with van der Waals surface area (Å²) in [5.74, 6) is 0. The molecule has 0 bridgehead atoms. The zero-order valence-electron chi connectivity index (χ0n) is 11.8. The second-order valence-corrected chi connectivity index (χ2v) is 5.41. The van der Waals surface area contributed by atoms with Crippen molar-refractivity contribution < 1.29 is 0 Å². The Morgan fingerprint density at radius 2 is 2.11 bits per heavy atom. The van der Waals surface area contributed by atoms with Gasteiger partial charge in [0.25, 0.3) is 5.56 Å². The number of aryl methyl sites for hydroxylation is 1. The lowest BCUT2D eigenvalue weighted by atomic mass is 10.2. The maximum atomic E-state index is 11.7. The highest BCUT2D eigenvalue weighted by Crippen LogP contribution is 2.23. The summed E-state index contributed by atoms with van der Waals surface area (Å²) >= 11 is 0. The van der Waals surface area contributed by atoms with E-state index in [-0.39, 0.29) is 5.56 Å². The Balaban J connectivity index is 1.84. The fourth-order valence-electron chi connectivity index (χ4n) is 3.04. The molecule has 1 aliphatic rings. The molecule has 1 heterocycles. The van der Waals surface area contributed by atoms with E-state index in [9.17, 15) is 4.79 Å². The predicted octanol–water partition coefficient (Wildman–Crippen LogP) is 2.09. The van der Waals surface area contributed by atoms with E-state index in [1.807, 2.05) is 0 Å². The van der Waals surface area contributed by atoms with Gasteiger partial charge in [-0.3, -0.25) is 4.79 Å². The van der Waals surface area contributed by atoms with Crippen LogP contribution in [0.25, 0.3) is 0 Å². The van der Waals surface area contributed by atoms with E-state index in [0.717, 1.165) is 32.1 Å². The first-order valence-corrected chi connectivity index (χ1v) is 7.40. The molecular weight excluding hydrogens is 238 g/mol. The number of nitrogen functional groups attached to an aromatic ring is 1. The lowest BCUT2D eigenvalue weighted by Gasteiger charge is -2.27. The number of hydrogen-bond acceptors (Lipinski definition) is 3. The van der Waals surface area contributed by atoms with Crippen LogP contribution in [0, 0.1) is 0 Å². The number of anilines is 1. The third kappa shape index (κ3) is 3.83. The van der Waals surface area contributed by atoms with Crippen LogP contribution in [0.5, 0.6) is 0 Å². The fourth-order valence-corrected chi connectivity index (χ4v) is 3.04. The molecule has 106 valence electrons. The van der Waals surface area contributed by atoms with E-state index >= 15 is 0 Å². The lowest BCUT2D eigenvalue weighted by molar-refractivity contribution is 0.203. The molecule has 2 N–H and O–H groups in total. The second-order valence-electron chi connectivity index (χ2n) is 5.41. The molecule has 1 aromatic rings. The topological polar surface area (TPSA) is 51.3 Å². The third-order valence-corrected chi connectivity index (χ3v) is 4.10. The van der Waals surface area contributed by atoms with Crippen molar-refractivity contribution in [3.8, 4) is 0 Å². The SMILES string of the molecule is CCN(CCCn1cc(N)ccc1=O)C1CCCC1. The number of pyridine rings is 1. The van der Waals surface area contributed by atoms with Crippen LogP contribution >= 0.6 is 0 Å². The van der Waals surface area contributed by atoms with Gasteiger partial charge in [0.15, 0.2) is 0 Å². The molecule has 1 saturated carbocycles. The summed E-state index contributed by atoms with van der Waals surface area (Å²) in [5, 5.41) is 0. The number of aromatic nitrogens is 1. The molecule has 0 atom stereocenters. The third-order valence-electron chi connectivity index (χ3n) is 4.10. The highest BCUT2D eigenvalue weighted by molar-refractivity contribution is 5.33. The number of nitrogens with two attached hydrogens (primary N) is 1. The number of rotatable bonds is 6. The van der Waals surface area contributed by atoms with E-state index < -0.39 is 0 Å². The van der Waals surface area contributed by atoms with E-state index in [2.05, 4.69) is 11.8 Å². The van der Waals surface area contributed by atoms with Crippen LogP contribution in [-0.4, -0.2) is 28.6 Å². The van der Waals surface area contributed by atoms with Crippen LogP contribution in [0.2, 0.25) is 0 Å². The van der Waals surface area contributed by atoms with Crippen molar-refractivity contribution in [1.29, 1.82) is 0 Å². The Morgan fingerprint density at radius 1 is 1.37 bits per heavy atom. The fraction of sp³-hybridized carbons (Fsp3) is 0.667. The normalized spacial score (nSPS) is 16.3. The largest absolute Gasteiger partial charge is 0.398 e. The molecule has 0 saturated heterocycles. The minimum absolute atomic E-state index is 0.0399. The van der Waals surface area contributed by atoms with Crippen LogP contribution in [0.3, 0.4) is 0 Å². The van der Waals surface area contributed by atoms with Gasteiger partial charge in [-0.1, -0.05) is 19.8 Å². The first-order valence-electron chi connectivity index (χ1n) is 7.40. The zero-order valence-corrected chi connectivity index (χ0v) is 11.8. The van der Waals surface area contributed by atoms with Crippen LogP contribution in [0.15, 0.2) is 23.1 Å². The summed E-state index contributed by atoms with van der Waals surface area (Å²) in [6, 6.07) is 3.97. The molecule has 1 aromatic heterocycles. The number of nitrogens with zero attached hydrogens (tertiary/aromatic N) is 2. The average molecular weight is 263 g/mol. The first-order chi connectivity index (χ1) is 9.20. The van der Waals surface area contributed by atoms with Crippen molar-refractivity contribution >= 4 is 5.69 Å². The monoisotopic (exact) mass is 263 g/mol. The van der Waals surface area contributed by atoms with Crippen LogP contribution in [0.1, 0.15) is 39.0 Å². The summed E-state index contributed by atoms with van der Waals surface area (Å²) in [6.45, 7) is 5.16. The van der Waals surface area contributed by atoms with E-state index in [0.29, 0.717) is 5.69 Å². The van der Waals surface area contributed by atoms with E-state index in [1.165, 1.54) is 25.7 Å². The van der Waals surface area contributed by atoms with Gasteiger partial charge in [-0.15, -0.1) is 0 Å². The summed E-state index contributed by atoms with van der Waals surface area (Å²) in [4.78, 5) is 14.2. The molecule has 19 heavy (non-hydrogen) atoms. The summed E-state index contributed by atoms with van der Waals surface area (Å²) in [6.07, 6.45) is 8.17. The van der Waals surface area contributed by atoms with Gasteiger partial charge in [0, 0.05) is 37.1 Å². The Bertz CT molecular complexity index is 449. The van der Waals surface area contributed by atoms with Crippen molar-refractivity contribution in [1.82, 2.24) is 9.47 Å². The smallest absolute Gasteiger partial charge is 0.250 e. The molecule has 0 spiro atoms. The first kappa shape index (κ1) is 14.1. The minimum Gasteiger partial charge on any atom is -0.398 e. The average Bonchev–Trinajstić information content (AvgIpc) is 2.92. The molecule has 0 aliphatic heterocycles. The van der Waals surface area contributed by atoms with E-state index in [4.69, 9.17) is 5.73 Å². The summed E-state index contributed by atoms with van der Waals surface area (Å²) in [7, 11) is 0. The summed E-state index contributed by atoms with van der Waals surface area (Å²) < 4.78 is 1.72. The molecule has 0 radical (unpaired) electrons. The Morgan fingerprint density at radius 3 is 2.79 bits per heavy atom. The van der Waals surface area contributed by atoms with Gasteiger partial charge >= 0.3 is 0 Å². The highest BCUT2D eigenvalue weighted by atomic mass is 16.1. The van der Waals surface area contributed by atoms with E-state index in [1.54, 1.807) is 22.9 Å². The van der Waals surface area contributed by atoms with Crippen LogP contribution in [0.4, 0.5) is 5.69 Å². The van der Waals surface area contributed by atoms with Gasteiger partial charge in [-0.05, 0) is 31.9 Å². The van der Waals surface area contributed by atoms with Crippen molar-refractivity contribution in [3.63, 3.8) is 0 Å². The highest BCUT2D eigenvalue weighted by Gasteiger charge is 2.20. The van der Waals surface area contributed by atoms with Gasteiger partial charge in [-0.2, -0.15) is 0 Å². The zero-order chi connectivity index (χ0) is 13.7. The summed E-state index contributed by atoms with van der Waals surface area (Å²) in [5.41, 5.74) is 6.41. The van der Waals surface area contributed by atoms with Gasteiger partial charge in [0.1, 0.15) is 0 Å². The molecular formula is C15H25N3O. The van der Waals surface area contributed by atoms with Crippen molar-refractivity contribution in [3.05, 3.63) is 28.7 Å². The van der Waals surface area contributed by atoms with Gasteiger partial charge in [0.05, 0.1) is 0 Å². The molecule has 4 nitrogen and oxygen atoms in total. The minimum atomic E-state index is 0.0399. The predicted molar refractivity (Wildman–Crippen MR) is 79.2 cm³/mol. The molecule has 1 aliphatic carbocycles. The maximum Gasteiger partial charge on any atom is 0.250 e. The van der Waals surface area contributed by atoms with Crippen molar-refractivity contribution in [2.24, 2.45) is 0 Å². The Hall–Kier alpha value is -1.29. The van der Waals surface area contributed by atoms with Crippen LogP contribution < -0.4 is 11.3 Å². The number of hydrogen-bond donors (Lipinski definition) is 1. The molecule has 0 amide bonds. The molecule has 0 unspecified atom stereocenters. The Labute approximate surface area is 115 Å². The van der Waals surface area contributed by atoms with Crippen molar-refractivity contribution in [2.75, 3.05) is 18.8 Å². The molecule has 0 aromatic carbocycles. The standard InChI is InChI=1S/C15H25N3O/c1-2-17(14-6-3-4-7-14)10-5-11-18-12-13(16)8-9-15(18)19/h8-9,12,14H,2-7,10-11,16H2,1H3. The Kier molecular flexibility index (Phi) is 5.02. The second kappa shape index (κ2) is 6.75.